The molecule has 0 spiro atoms. The summed E-state index contributed by atoms with van der Waals surface area (Å²) in [7, 11) is 0. The molecule has 0 saturated carbocycles. The van der Waals surface area contributed by atoms with Crippen molar-refractivity contribution in [3.8, 4) is 11.5 Å². The van der Waals surface area contributed by atoms with Crippen LogP contribution in [0.15, 0.2) is 121 Å². The fraction of sp³-hybridized carbons (Fsp3) is 0.0667. The summed E-state index contributed by atoms with van der Waals surface area (Å²) in [6.07, 6.45) is 10.4. The number of benzene rings is 4. The van der Waals surface area contributed by atoms with Crippen molar-refractivity contribution in [2.45, 2.75) is 12.8 Å². The maximum absolute atomic E-state index is 6.34. The van der Waals surface area contributed by atoms with Crippen LogP contribution in [0.2, 0.25) is 0 Å². The van der Waals surface area contributed by atoms with Crippen molar-refractivity contribution in [3.05, 3.63) is 144 Å². The average molecular weight is 403 g/mol. The molecule has 0 N–H and O–H groups in total. The van der Waals surface area contributed by atoms with Gasteiger partial charge in [0.25, 0.3) is 0 Å². The quantitative estimate of drug-likeness (QED) is 0.290. The van der Waals surface area contributed by atoms with Crippen LogP contribution in [0, 0.1) is 0 Å². The second kappa shape index (κ2) is 10.8. The largest absolute Gasteiger partial charge is 0.456 e. The maximum atomic E-state index is 6.34. The van der Waals surface area contributed by atoms with Crippen LogP contribution in [0.5, 0.6) is 11.5 Å². The minimum atomic E-state index is 0.857. The third-order valence-corrected chi connectivity index (χ3v) is 5.05. The van der Waals surface area contributed by atoms with Crippen molar-refractivity contribution >= 4 is 12.2 Å². The van der Waals surface area contributed by atoms with E-state index in [9.17, 15) is 0 Å². The van der Waals surface area contributed by atoms with E-state index in [1.807, 2.05) is 48.5 Å². The lowest BCUT2D eigenvalue weighted by Gasteiger charge is -2.11. The van der Waals surface area contributed by atoms with E-state index < -0.39 is 0 Å². The number of hydrogen-bond acceptors (Lipinski definition) is 1. The third-order valence-electron chi connectivity index (χ3n) is 5.05. The van der Waals surface area contributed by atoms with Crippen molar-refractivity contribution in [3.63, 3.8) is 0 Å². The Morgan fingerprint density at radius 1 is 0.452 bits per heavy atom. The summed E-state index contributed by atoms with van der Waals surface area (Å²) in [5.74, 6) is 1.71. The predicted octanol–water partition coefficient (Wildman–Crippen LogP) is 7.99. The smallest absolute Gasteiger partial charge is 0.134 e. The molecule has 0 unspecified atom stereocenters. The molecule has 1 heteroatoms. The van der Waals surface area contributed by atoms with Gasteiger partial charge in [0, 0.05) is 11.1 Å². The highest BCUT2D eigenvalue weighted by molar-refractivity contribution is 5.62. The third kappa shape index (κ3) is 6.07. The fourth-order valence-electron chi connectivity index (χ4n) is 3.41. The van der Waals surface area contributed by atoms with Gasteiger partial charge in [0.2, 0.25) is 0 Å². The Morgan fingerprint density at radius 2 is 0.839 bits per heavy atom. The van der Waals surface area contributed by atoms with Gasteiger partial charge in [-0.2, -0.15) is 0 Å². The molecule has 1 nitrogen and oxygen atoms in total. The Hall–Kier alpha value is -3.84. The Bertz CT molecular complexity index is 1050. The first-order valence-corrected chi connectivity index (χ1v) is 10.7. The molecule has 0 aliphatic rings. The zero-order valence-electron chi connectivity index (χ0n) is 17.5. The molecule has 0 aliphatic carbocycles. The summed E-state index contributed by atoms with van der Waals surface area (Å²) < 4.78 is 6.34. The summed E-state index contributed by atoms with van der Waals surface area (Å²) in [6.45, 7) is 0. The monoisotopic (exact) mass is 402 g/mol. The lowest BCUT2D eigenvalue weighted by atomic mass is 10.1. The molecule has 0 aromatic heterocycles. The van der Waals surface area contributed by atoms with E-state index in [0.29, 0.717) is 0 Å². The van der Waals surface area contributed by atoms with E-state index in [2.05, 4.69) is 85.0 Å². The van der Waals surface area contributed by atoms with E-state index in [1.165, 1.54) is 11.1 Å². The minimum Gasteiger partial charge on any atom is -0.456 e. The Kier molecular flexibility index (Phi) is 7.12. The summed E-state index contributed by atoms with van der Waals surface area (Å²) in [5.41, 5.74) is 4.74. The number of ether oxygens (including phenoxy) is 1. The molecule has 0 atom stereocenters. The summed E-state index contributed by atoms with van der Waals surface area (Å²) >= 11 is 0. The van der Waals surface area contributed by atoms with Crippen LogP contribution in [-0.2, 0) is 12.8 Å². The van der Waals surface area contributed by atoms with Gasteiger partial charge in [0.05, 0.1) is 0 Å². The molecule has 152 valence electrons. The van der Waals surface area contributed by atoms with Crippen molar-refractivity contribution in [2.24, 2.45) is 0 Å². The van der Waals surface area contributed by atoms with Crippen LogP contribution >= 0.6 is 0 Å². The van der Waals surface area contributed by atoms with Gasteiger partial charge in [-0.05, 0) is 36.1 Å². The van der Waals surface area contributed by atoms with E-state index in [1.54, 1.807) is 0 Å². The summed E-state index contributed by atoms with van der Waals surface area (Å²) in [5, 5.41) is 0. The molecule has 0 aliphatic heterocycles. The number of hydrogen-bond donors (Lipinski definition) is 0. The van der Waals surface area contributed by atoms with E-state index in [-0.39, 0.29) is 0 Å². The molecule has 0 heterocycles. The van der Waals surface area contributed by atoms with Gasteiger partial charge in [-0.1, -0.05) is 121 Å². The number of rotatable bonds is 8. The SMILES string of the molecule is C(=Cc1ccccc1Oc1ccccc1C=CCc1ccccc1)Cc1ccccc1. The van der Waals surface area contributed by atoms with Gasteiger partial charge in [-0.15, -0.1) is 0 Å². The van der Waals surface area contributed by atoms with E-state index >= 15 is 0 Å². The molecule has 4 aromatic rings. The van der Waals surface area contributed by atoms with Gasteiger partial charge in [-0.3, -0.25) is 0 Å². The van der Waals surface area contributed by atoms with Crippen molar-refractivity contribution in [1.82, 2.24) is 0 Å². The van der Waals surface area contributed by atoms with Crippen LogP contribution < -0.4 is 4.74 Å². The standard InChI is InChI=1S/C30H26O/c1-3-13-25(14-4-1)17-11-21-27-19-7-9-23-29(27)31-30-24-10-8-20-28(30)22-12-18-26-15-5-2-6-16-26/h1-16,19-24H,17-18H2. The Morgan fingerprint density at radius 3 is 1.29 bits per heavy atom. The summed E-state index contributed by atoms with van der Waals surface area (Å²) in [4.78, 5) is 0. The highest BCUT2D eigenvalue weighted by Crippen LogP contribution is 2.29. The second-order valence-electron chi connectivity index (χ2n) is 7.36. The van der Waals surface area contributed by atoms with Gasteiger partial charge >= 0.3 is 0 Å². The lowest BCUT2D eigenvalue weighted by Crippen LogP contribution is -1.90. The van der Waals surface area contributed by atoms with Crippen LogP contribution in [0.1, 0.15) is 22.3 Å². The molecular weight excluding hydrogens is 376 g/mol. The highest BCUT2D eigenvalue weighted by atomic mass is 16.5. The molecule has 0 saturated heterocycles. The van der Waals surface area contributed by atoms with Crippen molar-refractivity contribution in [2.75, 3.05) is 0 Å². The first-order chi connectivity index (χ1) is 15.4. The van der Waals surface area contributed by atoms with E-state index in [0.717, 1.165) is 35.5 Å². The van der Waals surface area contributed by atoms with Gasteiger partial charge < -0.3 is 4.74 Å². The van der Waals surface area contributed by atoms with Gasteiger partial charge in [0.15, 0.2) is 0 Å². The molecule has 0 radical (unpaired) electrons. The number of allylic oxidation sites excluding steroid dienone is 2. The van der Waals surface area contributed by atoms with E-state index in [4.69, 9.17) is 4.74 Å². The molecule has 0 bridgehead atoms. The van der Waals surface area contributed by atoms with Crippen LogP contribution in [0.25, 0.3) is 12.2 Å². The summed E-state index contributed by atoms with van der Waals surface area (Å²) in [6, 6.07) is 37.3. The normalized spacial score (nSPS) is 11.2. The van der Waals surface area contributed by atoms with Crippen molar-refractivity contribution < 1.29 is 4.74 Å². The van der Waals surface area contributed by atoms with Crippen molar-refractivity contribution in [1.29, 1.82) is 0 Å². The predicted molar refractivity (Wildman–Crippen MR) is 131 cm³/mol. The second-order valence-corrected chi connectivity index (χ2v) is 7.36. The Labute approximate surface area is 185 Å². The zero-order valence-corrected chi connectivity index (χ0v) is 17.5. The van der Waals surface area contributed by atoms with Crippen LogP contribution in [0.4, 0.5) is 0 Å². The highest BCUT2D eigenvalue weighted by Gasteiger charge is 2.05. The molecule has 0 fully saturated rings. The van der Waals surface area contributed by atoms with Gasteiger partial charge in [-0.25, -0.2) is 0 Å². The molecule has 31 heavy (non-hydrogen) atoms. The van der Waals surface area contributed by atoms with Crippen LogP contribution in [-0.4, -0.2) is 0 Å². The topological polar surface area (TPSA) is 9.23 Å². The van der Waals surface area contributed by atoms with Crippen LogP contribution in [0.3, 0.4) is 0 Å². The minimum absolute atomic E-state index is 0.857. The average Bonchev–Trinajstić information content (AvgIpc) is 2.83. The van der Waals surface area contributed by atoms with Gasteiger partial charge in [0.1, 0.15) is 11.5 Å². The fourth-order valence-corrected chi connectivity index (χ4v) is 3.41. The molecule has 4 rings (SSSR count). The molecule has 4 aromatic carbocycles. The number of para-hydroxylation sites is 2. The zero-order chi connectivity index (χ0) is 21.1. The Balaban J connectivity index is 1.48. The maximum Gasteiger partial charge on any atom is 0.134 e. The molecule has 0 amide bonds. The first-order valence-electron chi connectivity index (χ1n) is 10.7. The lowest BCUT2D eigenvalue weighted by molar-refractivity contribution is 0.480. The first kappa shape index (κ1) is 20.4. The molecular formula is C30H26O.